The maximum Gasteiger partial charge on any atom is 0.141 e. The highest BCUT2D eigenvalue weighted by Crippen LogP contribution is 2.65. The van der Waals surface area contributed by atoms with Crippen LogP contribution in [0.2, 0.25) is 0 Å². The van der Waals surface area contributed by atoms with Gasteiger partial charge in [-0.1, -0.05) is 97.1 Å². The number of hydrogen-bond acceptors (Lipinski definition) is 4. The Bertz CT molecular complexity index is 2690. The second kappa shape index (κ2) is 10.1. The number of aromatic nitrogens is 1. The van der Waals surface area contributed by atoms with Gasteiger partial charge in [0.2, 0.25) is 0 Å². The van der Waals surface area contributed by atoms with E-state index < -0.39 is 11.5 Å². The van der Waals surface area contributed by atoms with Crippen LogP contribution in [-0.2, 0) is 5.41 Å². The highest BCUT2D eigenvalue weighted by Gasteiger charge is 2.53. The van der Waals surface area contributed by atoms with Crippen molar-refractivity contribution >= 4 is 27.1 Å². The third-order valence-electron chi connectivity index (χ3n) is 10.6. The highest BCUT2D eigenvalue weighted by molar-refractivity contribution is 6.18. The SMILES string of the molecule is N#Cc1cc(-c2cc3c(c4ccccc24)-c2c(cc(C4=CC(C#N)NC=C4)c4ccccc24)C32c3ccccc3-c3ccccc32)ccn1. The van der Waals surface area contributed by atoms with Crippen molar-refractivity contribution in [3.05, 3.63) is 179 Å². The first kappa shape index (κ1) is 27.4. The van der Waals surface area contributed by atoms with Crippen LogP contribution < -0.4 is 5.32 Å². The lowest BCUT2D eigenvalue weighted by molar-refractivity contribution is 0.795. The van der Waals surface area contributed by atoms with E-state index in [1.54, 1.807) is 6.20 Å². The molecule has 6 aromatic carbocycles. The third-order valence-corrected chi connectivity index (χ3v) is 10.6. The molecule has 0 saturated carbocycles. The van der Waals surface area contributed by atoms with Gasteiger partial charge in [-0.05, 0) is 131 Å². The van der Waals surface area contributed by atoms with E-state index in [1.165, 1.54) is 55.3 Å². The van der Waals surface area contributed by atoms with Gasteiger partial charge in [-0.25, -0.2) is 4.98 Å². The summed E-state index contributed by atoms with van der Waals surface area (Å²) in [6, 6.07) is 48.0. The monoisotopic (exact) mass is 622 g/mol. The zero-order chi connectivity index (χ0) is 32.7. The van der Waals surface area contributed by atoms with Crippen LogP contribution in [0.4, 0.5) is 0 Å². The molecule has 1 N–H and O–H groups in total. The Kier molecular flexibility index (Phi) is 5.65. The van der Waals surface area contributed by atoms with E-state index in [0.717, 1.165) is 33.0 Å². The molecule has 10 rings (SSSR count). The van der Waals surface area contributed by atoms with Gasteiger partial charge in [0.25, 0.3) is 0 Å². The normalized spacial score (nSPS) is 15.9. The number of fused-ring (bicyclic) bond motifs is 14. The number of hydrogen-bond donors (Lipinski definition) is 1. The van der Waals surface area contributed by atoms with Crippen molar-refractivity contribution in [2.45, 2.75) is 11.5 Å². The minimum Gasteiger partial charge on any atom is -0.373 e. The van der Waals surface area contributed by atoms with E-state index >= 15 is 0 Å². The van der Waals surface area contributed by atoms with Crippen LogP contribution in [0.5, 0.6) is 0 Å². The maximum atomic E-state index is 9.87. The van der Waals surface area contributed by atoms with Crippen molar-refractivity contribution in [2.75, 3.05) is 0 Å². The molecule has 1 unspecified atom stereocenters. The number of allylic oxidation sites excluding steroid dienone is 2. The van der Waals surface area contributed by atoms with Crippen molar-refractivity contribution in [2.24, 2.45) is 0 Å². The van der Waals surface area contributed by atoms with Crippen LogP contribution in [0.25, 0.3) is 60.5 Å². The van der Waals surface area contributed by atoms with Gasteiger partial charge >= 0.3 is 0 Å². The summed E-state index contributed by atoms with van der Waals surface area (Å²) in [6.07, 6.45) is 7.73. The molecule has 1 aliphatic heterocycles. The topological polar surface area (TPSA) is 72.5 Å². The fourth-order valence-corrected chi connectivity index (χ4v) is 8.76. The molecule has 7 aromatic rings. The van der Waals surface area contributed by atoms with Gasteiger partial charge in [-0.15, -0.1) is 0 Å². The van der Waals surface area contributed by atoms with Crippen molar-refractivity contribution in [3.63, 3.8) is 0 Å². The lowest BCUT2D eigenvalue weighted by Gasteiger charge is -2.31. The van der Waals surface area contributed by atoms with Gasteiger partial charge in [0, 0.05) is 6.20 Å². The average molecular weight is 623 g/mol. The molecule has 4 nitrogen and oxygen atoms in total. The van der Waals surface area contributed by atoms with Crippen molar-refractivity contribution in [3.8, 4) is 45.5 Å². The Morgan fingerprint density at radius 2 is 1.16 bits per heavy atom. The van der Waals surface area contributed by atoms with Crippen LogP contribution in [0.15, 0.2) is 146 Å². The molecule has 4 heteroatoms. The summed E-state index contributed by atoms with van der Waals surface area (Å²) in [5.41, 5.74) is 13.9. The zero-order valence-corrected chi connectivity index (χ0v) is 26.3. The standard InChI is InChI=1S/C45H26N4/c46-25-29-21-27(17-19-48-29)37-23-41-43(35-13-3-1-9-31(35)37)44-36-14-4-2-10-32(36)38(28-18-20-49-30(22-28)26-47)24-42(44)45(41)39-15-7-5-11-33(39)34-12-6-8-16-40(34)45/h1-24,29,48H. The molecule has 0 saturated heterocycles. The van der Waals surface area contributed by atoms with Crippen molar-refractivity contribution in [1.82, 2.24) is 10.3 Å². The molecule has 0 radical (unpaired) electrons. The van der Waals surface area contributed by atoms with E-state index in [0.29, 0.717) is 5.69 Å². The summed E-state index contributed by atoms with van der Waals surface area (Å²) in [5, 5.41) is 27.5. The molecule has 1 aromatic heterocycles. The predicted octanol–water partition coefficient (Wildman–Crippen LogP) is 9.66. The Hall–Kier alpha value is -6.75. The lowest BCUT2D eigenvalue weighted by Crippen LogP contribution is -2.26. The van der Waals surface area contributed by atoms with Crippen molar-refractivity contribution in [1.29, 1.82) is 10.5 Å². The van der Waals surface area contributed by atoms with Crippen LogP contribution >= 0.6 is 0 Å². The average Bonchev–Trinajstić information content (AvgIpc) is 3.65. The molecular formula is C45H26N4. The van der Waals surface area contributed by atoms with E-state index in [9.17, 15) is 10.5 Å². The Morgan fingerprint density at radius 1 is 0.592 bits per heavy atom. The molecule has 1 spiro atoms. The summed E-state index contributed by atoms with van der Waals surface area (Å²) in [5.74, 6) is 0. The molecule has 2 heterocycles. The largest absolute Gasteiger partial charge is 0.373 e. The van der Waals surface area contributed by atoms with E-state index in [-0.39, 0.29) is 0 Å². The van der Waals surface area contributed by atoms with Gasteiger partial charge in [-0.3, -0.25) is 0 Å². The molecule has 0 amide bonds. The minimum absolute atomic E-state index is 0.395. The second-order valence-electron chi connectivity index (χ2n) is 12.9. The highest BCUT2D eigenvalue weighted by atomic mass is 14.9. The third kappa shape index (κ3) is 3.58. The molecule has 1 atom stereocenters. The first-order valence-electron chi connectivity index (χ1n) is 16.5. The smallest absolute Gasteiger partial charge is 0.141 e. The number of nitrogens with zero attached hydrogens (tertiary/aromatic N) is 3. The van der Waals surface area contributed by atoms with Crippen LogP contribution in [-0.4, -0.2) is 11.0 Å². The number of benzene rings is 6. The molecule has 226 valence electrons. The molecule has 2 aliphatic carbocycles. The van der Waals surface area contributed by atoms with Gasteiger partial charge < -0.3 is 5.32 Å². The second-order valence-corrected chi connectivity index (χ2v) is 12.9. The fourth-order valence-electron chi connectivity index (χ4n) is 8.76. The quantitative estimate of drug-likeness (QED) is 0.208. The summed E-state index contributed by atoms with van der Waals surface area (Å²) in [4.78, 5) is 4.30. The Labute approximate surface area is 283 Å². The van der Waals surface area contributed by atoms with Gasteiger partial charge in [-0.2, -0.15) is 10.5 Å². The first-order chi connectivity index (χ1) is 24.2. The van der Waals surface area contributed by atoms with E-state index in [2.05, 4.69) is 138 Å². The fraction of sp³-hybridized carbons (Fsp3) is 0.0444. The van der Waals surface area contributed by atoms with Crippen LogP contribution in [0.1, 0.15) is 33.5 Å². The van der Waals surface area contributed by atoms with E-state index in [4.69, 9.17) is 0 Å². The zero-order valence-electron chi connectivity index (χ0n) is 26.3. The summed E-state index contributed by atoms with van der Waals surface area (Å²) < 4.78 is 0. The summed E-state index contributed by atoms with van der Waals surface area (Å²) in [7, 11) is 0. The molecule has 3 aliphatic rings. The predicted molar refractivity (Wildman–Crippen MR) is 195 cm³/mol. The lowest BCUT2D eigenvalue weighted by atomic mass is 9.69. The number of dihydropyridines is 1. The molecule has 49 heavy (non-hydrogen) atoms. The number of rotatable bonds is 2. The summed E-state index contributed by atoms with van der Waals surface area (Å²) >= 11 is 0. The van der Waals surface area contributed by atoms with Crippen LogP contribution in [0.3, 0.4) is 0 Å². The first-order valence-corrected chi connectivity index (χ1v) is 16.5. The molecule has 0 fully saturated rings. The Morgan fingerprint density at radius 3 is 1.80 bits per heavy atom. The number of nitriles is 2. The molecular weight excluding hydrogens is 597 g/mol. The molecule has 0 bridgehead atoms. The van der Waals surface area contributed by atoms with E-state index in [1.807, 2.05) is 24.4 Å². The van der Waals surface area contributed by atoms with Crippen molar-refractivity contribution < 1.29 is 0 Å². The van der Waals surface area contributed by atoms with Gasteiger partial charge in [0.05, 0.1) is 11.5 Å². The Balaban J connectivity index is 1.43. The summed E-state index contributed by atoms with van der Waals surface area (Å²) in [6.45, 7) is 0. The van der Waals surface area contributed by atoms with Gasteiger partial charge in [0.15, 0.2) is 0 Å². The minimum atomic E-state index is -0.605. The number of pyridine rings is 1. The van der Waals surface area contributed by atoms with Crippen LogP contribution in [0, 0.1) is 22.7 Å². The van der Waals surface area contributed by atoms with Gasteiger partial charge in [0.1, 0.15) is 17.8 Å². The maximum absolute atomic E-state index is 9.87. The number of nitrogens with one attached hydrogen (secondary N) is 1.